The second-order valence-corrected chi connectivity index (χ2v) is 6.24. The molecule has 0 aliphatic rings. The summed E-state index contributed by atoms with van der Waals surface area (Å²) in [6.45, 7) is 6.56. The molecule has 0 bridgehead atoms. The molecule has 7 nitrogen and oxygen atoms in total. The number of hydrogen-bond acceptors (Lipinski definition) is 5. The lowest BCUT2D eigenvalue weighted by Crippen LogP contribution is -2.46. The number of benzene rings is 1. The monoisotopic (exact) mass is 336 g/mol. The van der Waals surface area contributed by atoms with Crippen molar-refractivity contribution in [2.45, 2.75) is 45.9 Å². The Morgan fingerprint density at radius 2 is 1.75 bits per heavy atom. The molecule has 0 heterocycles. The van der Waals surface area contributed by atoms with E-state index >= 15 is 0 Å². The van der Waals surface area contributed by atoms with Gasteiger partial charge in [-0.2, -0.15) is 0 Å². The molecule has 2 amide bonds. The van der Waals surface area contributed by atoms with Crippen LogP contribution in [0.15, 0.2) is 30.3 Å². The third-order valence-electron chi connectivity index (χ3n) is 2.74. The van der Waals surface area contributed by atoms with Crippen LogP contribution in [-0.4, -0.2) is 36.2 Å². The van der Waals surface area contributed by atoms with E-state index in [-0.39, 0.29) is 13.2 Å². The van der Waals surface area contributed by atoms with E-state index in [9.17, 15) is 14.4 Å². The first-order valence-corrected chi connectivity index (χ1v) is 7.64. The first kappa shape index (κ1) is 19.5. The first-order chi connectivity index (χ1) is 11.2. The Labute approximate surface area is 141 Å². The molecule has 0 unspecified atom stereocenters. The molecule has 132 valence electrons. The van der Waals surface area contributed by atoms with Crippen LogP contribution in [-0.2, 0) is 25.7 Å². The van der Waals surface area contributed by atoms with Crippen molar-refractivity contribution in [1.82, 2.24) is 10.6 Å². The summed E-state index contributed by atoms with van der Waals surface area (Å²) in [5.74, 6) is -1.05. The molecule has 0 aromatic heterocycles. The number of esters is 1. The van der Waals surface area contributed by atoms with Crippen molar-refractivity contribution in [2.75, 3.05) is 6.54 Å². The number of hydrogen-bond donors (Lipinski definition) is 2. The third-order valence-corrected chi connectivity index (χ3v) is 2.74. The van der Waals surface area contributed by atoms with Gasteiger partial charge in [-0.25, -0.2) is 9.59 Å². The van der Waals surface area contributed by atoms with E-state index in [1.165, 1.54) is 6.92 Å². The summed E-state index contributed by atoms with van der Waals surface area (Å²) in [7, 11) is 0. The minimum atomic E-state index is -0.807. The molecule has 0 fully saturated rings. The van der Waals surface area contributed by atoms with Crippen molar-refractivity contribution >= 4 is 18.0 Å². The molecule has 0 saturated carbocycles. The highest BCUT2D eigenvalue weighted by molar-refractivity contribution is 5.87. The topological polar surface area (TPSA) is 93.7 Å². The minimum absolute atomic E-state index is 0.114. The zero-order valence-corrected chi connectivity index (χ0v) is 14.4. The normalized spacial score (nSPS) is 12.0. The molecule has 0 aliphatic heterocycles. The van der Waals surface area contributed by atoms with Crippen LogP contribution in [0, 0.1) is 0 Å². The van der Waals surface area contributed by atoms with Crippen LogP contribution in [0.25, 0.3) is 0 Å². The Kier molecular flexibility index (Phi) is 7.23. The molecule has 0 saturated heterocycles. The Bertz CT molecular complexity index is 566. The van der Waals surface area contributed by atoms with Gasteiger partial charge in [0.15, 0.2) is 0 Å². The molecule has 0 radical (unpaired) electrons. The molecule has 2 N–H and O–H groups in total. The Morgan fingerprint density at radius 1 is 1.12 bits per heavy atom. The highest BCUT2D eigenvalue weighted by atomic mass is 16.6. The van der Waals surface area contributed by atoms with E-state index < -0.39 is 29.6 Å². The number of ether oxygens (including phenoxy) is 2. The van der Waals surface area contributed by atoms with Gasteiger partial charge in [-0.3, -0.25) is 4.79 Å². The molecule has 1 aromatic rings. The van der Waals surface area contributed by atoms with Gasteiger partial charge in [-0.1, -0.05) is 30.3 Å². The minimum Gasteiger partial charge on any atom is -0.458 e. The molecular weight excluding hydrogens is 312 g/mol. The molecule has 24 heavy (non-hydrogen) atoms. The number of amides is 2. The predicted molar refractivity (Wildman–Crippen MR) is 88.1 cm³/mol. The maximum absolute atomic E-state index is 11.7. The van der Waals surface area contributed by atoms with Crippen molar-refractivity contribution in [3.8, 4) is 0 Å². The van der Waals surface area contributed by atoms with Crippen molar-refractivity contribution in [3.05, 3.63) is 35.9 Å². The van der Waals surface area contributed by atoms with Crippen molar-refractivity contribution < 1.29 is 23.9 Å². The van der Waals surface area contributed by atoms with Crippen LogP contribution in [0.1, 0.15) is 33.3 Å². The summed E-state index contributed by atoms with van der Waals surface area (Å²) in [5.41, 5.74) is 0.214. The molecule has 1 atom stereocenters. The van der Waals surface area contributed by atoms with Gasteiger partial charge in [0.05, 0.1) is 0 Å². The molecule has 1 rings (SSSR count). The smallest absolute Gasteiger partial charge is 0.407 e. The van der Waals surface area contributed by atoms with Crippen LogP contribution < -0.4 is 10.6 Å². The molecule has 7 heteroatoms. The molecule has 1 aromatic carbocycles. The van der Waals surface area contributed by atoms with E-state index in [1.54, 1.807) is 20.8 Å². The molecule has 0 aliphatic carbocycles. The zero-order chi connectivity index (χ0) is 18.2. The van der Waals surface area contributed by atoms with Gasteiger partial charge in [-0.15, -0.1) is 0 Å². The number of carbonyl (C=O) groups is 3. The standard InChI is InChI=1S/C17H24N2O5/c1-12(15(21)24-17(2,3)4)19-14(20)10-18-16(22)23-11-13-8-6-5-7-9-13/h5-9,12H,10-11H2,1-4H3,(H,18,22)(H,19,20)/t12-/m0/s1. The zero-order valence-electron chi connectivity index (χ0n) is 14.4. The molecular formula is C17H24N2O5. The Morgan fingerprint density at radius 3 is 2.33 bits per heavy atom. The highest BCUT2D eigenvalue weighted by Gasteiger charge is 2.23. The van der Waals surface area contributed by atoms with E-state index in [0.29, 0.717) is 0 Å². The highest BCUT2D eigenvalue weighted by Crippen LogP contribution is 2.08. The average Bonchev–Trinajstić information content (AvgIpc) is 2.50. The van der Waals surface area contributed by atoms with Crippen LogP contribution in [0.3, 0.4) is 0 Å². The van der Waals surface area contributed by atoms with Gasteiger partial charge >= 0.3 is 12.1 Å². The van der Waals surface area contributed by atoms with Crippen molar-refractivity contribution in [2.24, 2.45) is 0 Å². The fraction of sp³-hybridized carbons (Fsp3) is 0.471. The van der Waals surface area contributed by atoms with Gasteiger partial charge in [0.1, 0.15) is 24.8 Å². The fourth-order valence-corrected chi connectivity index (χ4v) is 1.67. The Hall–Kier alpha value is -2.57. The third kappa shape index (κ3) is 8.17. The molecule has 0 spiro atoms. The lowest BCUT2D eigenvalue weighted by molar-refractivity contribution is -0.158. The summed E-state index contributed by atoms with van der Waals surface area (Å²) in [6.07, 6.45) is -0.709. The predicted octanol–water partition coefficient (Wildman–Crippen LogP) is 1.76. The van der Waals surface area contributed by atoms with Gasteiger partial charge < -0.3 is 20.1 Å². The van der Waals surface area contributed by atoms with E-state index in [1.807, 2.05) is 30.3 Å². The lowest BCUT2D eigenvalue weighted by atomic mass is 10.2. The first-order valence-electron chi connectivity index (χ1n) is 7.64. The van der Waals surface area contributed by atoms with Gasteiger partial charge in [0.2, 0.25) is 5.91 Å². The van der Waals surface area contributed by atoms with Gasteiger partial charge in [0, 0.05) is 0 Å². The summed E-state index contributed by atoms with van der Waals surface area (Å²) in [5, 5.41) is 4.77. The second-order valence-electron chi connectivity index (χ2n) is 6.24. The van der Waals surface area contributed by atoms with E-state index in [4.69, 9.17) is 9.47 Å². The van der Waals surface area contributed by atoms with Gasteiger partial charge in [0.25, 0.3) is 0 Å². The second kappa shape index (κ2) is 8.90. The summed E-state index contributed by atoms with van der Waals surface area (Å²) >= 11 is 0. The summed E-state index contributed by atoms with van der Waals surface area (Å²) in [6, 6.07) is 8.37. The van der Waals surface area contributed by atoms with Crippen molar-refractivity contribution in [1.29, 1.82) is 0 Å². The van der Waals surface area contributed by atoms with E-state index in [0.717, 1.165) is 5.56 Å². The van der Waals surface area contributed by atoms with Crippen LogP contribution in [0.5, 0.6) is 0 Å². The number of nitrogens with one attached hydrogen (secondary N) is 2. The van der Waals surface area contributed by atoms with E-state index in [2.05, 4.69) is 10.6 Å². The Balaban J connectivity index is 2.27. The number of alkyl carbamates (subject to hydrolysis) is 1. The fourth-order valence-electron chi connectivity index (χ4n) is 1.67. The van der Waals surface area contributed by atoms with Crippen LogP contribution >= 0.6 is 0 Å². The van der Waals surface area contributed by atoms with Gasteiger partial charge in [-0.05, 0) is 33.3 Å². The quantitative estimate of drug-likeness (QED) is 0.772. The van der Waals surface area contributed by atoms with Crippen LogP contribution in [0.2, 0.25) is 0 Å². The summed E-state index contributed by atoms with van der Waals surface area (Å²) in [4.78, 5) is 35.0. The SMILES string of the molecule is C[C@H](NC(=O)CNC(=O)OCc1ccccc1)C(=O)OC(C)(C)C. The average molecular weight is 336 g/mol. The summed E-state index contributed by atoms with van der Waals surface area (Å²) < 4.78 is 10.1. The lowest BCUT2D eigenvalue weighted by Gasteiger charge is -2.22. The number of carbonyl (C=O) groups excluding carboxylic acids is 3. The number of rotatable bonds is 6. The maximum atomic E-state index is 11.7. The van der Waals surface area contributed by atoms with Crippen LogP contribution in [0.4, 0.5) is 4.79 Å². The van der Waals surface area contributed by atoms with Crippen molar-refractivity contribution in [3.63, 3.8) is 0 Å². The largest absolute Gasteiger partial charge is 0.458 e. The maximum Gasteiger partial charge on any atom is 0.407 e.